The van der Waals surface area contributed by atoms with Crippen molar-refractivity contribution < 1.29 is 9.59 Å². The summed E-state index contributed by atoms with van der Waals surface area (Å²) in [6.45, 7) is 4.12. The maximum Gasteiger partial charge on any atom is 0.264 e. The largest absolute Gasteiger partial charge is 0.325 e. The van der Waals surface area contributed by atoms with E-state index < -0.39 is 0 Å². The van der Waals surface area contributed by atoms with Gasteiger partial charge in [-0.3, -0.25) is 9.59 Å². The Morgan fingerprint density at radius 1 is 1.53 bits per heavy atom. The summed E-state index contributed by atoms with van der Waals surface area (Å²) in [5.74, 6) is 0.116. The van der Waals surface area contributed by atoms with Gasteiger partial charge in [-0.15, -0.1) is 11.3 Å². The van der Waals surface area contributed by atoms with E-state index in [1.54, 1.807) is 11.0 Å². The molecule has 1 amide bonds. The molecule has 0 saturated carbocycles. The molecule has 3 nitrogen and oxygen atoms in total. The topological polar surface area (TPSA) is 37.4 Å². The molecule has 1 aliphatic heterocycles. The van der Waals surface area contributed by atoms with Crippen molar-refractivity contribution in [1.29, 1.82) is 0 Å². The molecule has 1 aromatic heterocycles. The molecule has 0 atom stereocenters. The fraction of sp³-hybridized carbons (Fsp3) is 0.455. The summed E-state index contributed by atoms with van der Waals surface area (Å²) in [5, 5.41) is 1.87. The summed E-state index contributed by atoms with van der Waals surface area (Å²) in [6.07, 6.45) is 0.462. The number of carbonyl (C=O) groups excluding carboxylic acids is 2. The van der Waals surface area contributed by atoms with E-state index in [4.69, 9.17) is 0 Å². The second-order valence-corrected chi connectivity index (χ2v) is 5.34. The lowest BCUT2D eigenvalue weighted by molar-refractivity contribution is -0.116. The number of rotatable bonds is 1. The molecular formula is C11H13NO2S. The fourth-order valence-electron chi connectivity index (χ4n) is 1.90. The Hall–Kier alpha value is -1.16. The SMILES string of the molecule is CC1(C)CC(=O)CN1C(=O)c1cccs1. The highest BCUT2D eigenvalue weighted by molar-refractivity contribution is 7.12. The van der Waals surface area contributed by atoms with Gasteiger partial charge in [0, 0.05) is 12.0 Å². The molecule has 0 spiro atoms. The maximum absolute atomic E-state index is 12.1. The minimum atomic E-state index is -0.335. The number of nitrogens with zero attached hydrogens (tertiary/aromatic N) is 1. The monoisotopic (exact) mass is 223 g/mol. The first-order valence-corrected chi connectivity index (χ1v) is 5.76. The molecule has 2 heterocycles. The van der Waals surface area contributed by atoms with Crippen molar-refractivity contribution in [3.05, 3.63) is 22.4 Å². The van der Waals surface area contributed by atoms with Gasteiger partial charge in [0.1, 0.15) is 0 Å². The van der Waals surface area contributed by atoms with Crippen LogP contribution in [0.25, 0.3) is 0 Å². The number of amides is 1. The smallest absolute Gasteiger partial charge is 0.264 e. The molecule has 1 fully saturated rings. The van der Waals surface area contributed by atoms with Crippen LogP contribution in [-0.2, 0) is 4.79 Å². The standard InChI is InChI=1S/C11H13NO2S/c1-11(2)6-8(13)7-12(11)10(14)9-4-3-5-15-9/h3-5H,6-7H2,1-2H3. The molecule has 1 saturated heterocycles. The predicted octanol–water partition coefficient (Wildman–Crippen LogP) is 1.94. The zero-order valence-electron chi connectivity index (χ0n) is 8.82. The summed E-state index contributed by atoms with van der Waals surface area (Å²) in [5.41, 5.74) is -0.335. The van der Waals surface area contributed by atoms with E-state index >= 15 is 0 Å². The highest BCUT2D eigenvalue weighted by Gasteiger charge is 2.40. The first-order chi connectivity index (χ1) is 7.00. The van der Waals surface area contributed by atoms with Crippen LogP contribution >= 0.6 is 11.3 Å². The molecule has 0 unspecified atom stereocenters. The van der Waals surface area contributed by atoms with Crippen molar-refractivity contribution in [3.63, 3.8) is 0 Å². The fourth-order valence-corrected chi connectivity index (χ4v) is 2.58. The summed E-state index contributed by atoms with van der Waals surface area (Å²) in [6, 6.07) is 3.65. The zero-order chi connectivity index (χ0) is 11.1. The van der Waals surface area contributed by atoms with Gasteiger partial charge >= 0.3 is 0 Å². The molecule has 0 N–H and O–H groups in total. The van der Waals surface area contributed by atoms with Crippen LogP contribution in [-0.4, -0.2) is 28.7 Å². The van der Waals surface area contributed by atoms with E-state index in [0.29, 0.717) is 11.3 Å². The van der Waals surface area contributed by atoms with Crippen LogP contribution in [0.15, 0.2) is 17.5 Å². The zero-order valence-corrected chi connectivity index (χ0v) is 9.63. The van der Waals surface area contributed by atoms with E-state index in [-0.39, 0.29) is 23.8 Å². The molecule has 0 bridgehead atoms. The molecule has 0 aromatic carbocycles. The highest BCUT2D eigenvalue weighted by Crippen LogP contribution is 2.28. The van der Waals surface area contributed by atoms with E-state index in [2.05, 4.69) is 0 Å². The predicted molar refractivity (Wildman–Crippen MR) is 59.1 cm³/mol. The minimum Gasteiger partial charge on any atom is -0.325 e. The Balaban J connectivity index is 2.25. The number of Topliss-reactive ketones (excluding diaryl/α,β-unsaturated/α-hetero) is 1. The van der Waals surface area contributed by atoms with Crippen LogP contribution in [0, 0.1) is 0 Å². The van der Waals surface area contributed by atoms with Crippen molar-refractivity contribution in [2.24, 2.45) is 0 Å². The Morgan fingerprint density at radius 3 is 2.73 bits per heavy atom. The molecule has 4 heteroatoms. The Labute approximate surface area is 92.7 Å². The third kappa shape index (κ3) is 1.81. The van der Waals surface area contributed by atoms with Crippen molar-refractivity contribution in [2.45, 2.75) is 25.8 Å². The Bertz CT molecular complexity index is 395. The van der Waals surface area contributed by atoms with Crippen molar-refractivity contribution in [2.75, 3.05) is 6.54 Å². The molecule has 80 valence electrons. The van der Waals surface area contributed by atoms with Crippen LogP contribution in [0.2, 0.25) is 0 Å². The van der Waals surface area contributed by atoms with E-state index in [1.165, 1.54) is 11.3 Å². The van der Waals surface area contributed by atoms with Gasteiger partial charge in [0.15, 0.2) is 5.78 Å². The summed E-state index contributed by atoms with van der Waals surface area (Å²) in [4.78, 5) is 25.8. The van der Waals surface area contributed by atoms with Gasteiger partial charge in [0.2, 0.25) is 0 Å². The minimum absolute atomic E-state index is 0.0270. The van der Waals surface area contributed by atoms with Crippen LogP contribution in [0.4, 0.5) is 0 Å². The first-order valence-electron chi connectivity index (χ1n) is 4.88. The summed E-state index contributed by atoms with van der Waals surface area (Å²) < 4.78 is 0. The van der Waals surface area contributed by atoms with Crippen LogP contribution < -0.4 is 0 Å². The van der Waals surface area contributed by atoms with Gasteiger partial charge in [-0.2, -0.15) is 0 Å². The van der Waals surface area contributed by atoms with Gasteiger partial charge in [0.25, 0.3) is 5.91 Å². The lowest BCUT2D eigenvalue weighted by atomic mass is 10.0. The molecule has 15 heavy (non-hydrogen) atoms. The van der Waals surface area contributed by atoms with E-state index in [9.17, 15) is 9.59 Å². The molecule has 2 rings (SSSR count). The molecule has 0 aliphatic carbocycles. The average Bonchev–Trinajstić information content (AvgIpc) is 2.71. The lowest BCUT2D eigenvalue weighted by Crippen LogP contribution is -2.42. The summed E-state index contributed by atoms with van der Waals surface area (Å²) in [7, 11) is 0. The second kappa shape index (κ2) is 3.45. The number of hydrogen-bond donors (Lipinski definition) is 0. The Kier molecular flexibility index (Phi) is 2.38. The number of likely N-dealkylation sites (tertiary alicyclic amines) is 1. The van der Waals surface area contributed by atoms with Crippen molar-refractivity contribution in [1.82, 2.24) is 4.90 Å². The first kappa shape index (κ1) is 10.4. The number of carbonyl (C=O) groups is 2. The molecular weight excluding hydrogens is 210 g/mol. The third-order valence-corrected chi connectivity index (χ3v) is 3.53. The number of thiophene rings is 1. The molecule has 1 aliphatic rings. The van der Waals surface area contributed by atoms with Gasteiger partial charge in [-0.25, -0.2) is 0 Å². The van der Waals surface area contributed by atoms with E-state index in [0.717, 1.165) is 0 Å². The highest BCUT2D eigenvalue weighted by atomic mass is 32.1. The molecule has 1 aromatic rings. The Morgan fingerprint density at radius 2 is 2.27 bits per heavy atom. The lowest BCUT2D eigenvalue weighted by Gasteiger charge is -2.30. The van der Waals surface area contributed by atoms with Gasteiger partial charge in [0.05, 0.1) is 11.4 Å². The maximum atomic E-state index is 12.1. The van der Waals surface area contributed by atoms with Gasteiger partial charge in [-0.1, -0.05) is 6.07 Å². The summed E-state index contributed by atoms with van der Waals surface area (Å²) >= 11 is 1.42. The van der Waals surface area contributed by atoms with Crippen LogP contribution in [0.3, 0.4) is 0 Å². The normalized spacial score (nSPS) is 19.6. The van der Waals surface area contributed by atoms with Crippen LogP contribution in [0.1, 0.15) is 29.9 Å². The molecule has 0 radical (unpaired) electrons. The van der Waals surface area contributed by atoms with Gasteiger partial charge < -0.3 is 4.90 Å². The van der Waals surface area contributed by atoms with Crippen LogP contribution in [0.5, 0.6) is 0 Å². The average molecular weight is 223 g/mol. The third-order valence-electron chi connectivity index (χ3n) is 2.67. The number of ketones is 1. The quantitative estimate of drug-likeness (QED) is 0.729. The second-order valence-electron chi connectivity index (χ2n) is 4.40. The van der Waals surface area contributed by atoms with Crippen molar-refractivity contribution in [3.8, 4) is 0 Å². The number of hydrogen-bond acceptors (Lipinski definition) is 3. The van der Waals surface area contributed by atoms with Gasteiger partial charge in [-0.05, 0) is 25.3 Å². The van der Waals surface area contributed by atoms with Crippen molar-refractivity contribution >= 4 is 23.0 Å². The van der Waals surface area contributed by atoms with E-state index in [1.807, 2.05) is 25.3 Å².